The molecule has 0 unspecified atom stereocenters. The molecule has 2 heterocycles. The van der Waals surface area contributed by atoms with Gasteiger partial charge in [0.25, 0.3) is 0 Å². The van der Waals surface area contributed by atoms with E-state index in [-0.39, 0.29) is 0 Å². The minimum absolute atomic E-state index is 0.351. The van der Waals surface area contributed by atoms with Gasteiger partial charge in [0.2, 0.25) is 5.91 Å². The second-order valence-corrected chi connectivity index (χ2v) is 6.21. The summed E-state index contributed by atoms with van der Waals surface area (Å²) in [6.45, 7) is 5.85. The summed E-state index contributed by atoms with van der Waals surface area (Å²) in [5.74, 6) is 0.776. The van der Waals surface area contributed by atoms with Gasteiger partial charge in [-0.25, -0.2) is 0 Å². The maximum Gasteiger partial charge on any atom is 0.225 e. The monoisotopic (exact) mass is 266 g/mol. The summed E-state index contributed by atoms with van der Waals surface area (Å²) in [4.78, 5) is 17.0. The molecule has 0 N–H and O–H groups in total. The van der Waals surface area contributed by atoms with Crippen LogP contribution in [-0.2, 0) is 9.53 Å². The fraction of sp³-hybridized carbons (Fsp3) is 0.933. The van der Waals surface area contributed by atoms with Crippen molar-refractivity contribution in [3.63, 3.8) is 0 Å². The van der Waals surface area contributed by atoms with Crippen LogP contribution in [0.25, 0.3) is 0 Å². The molecule has 3 aliphatic rings. The number of rotatable bonds is 2. The quantitative estimate of drug-likeness (QED) is 0.759. The largest absolute Gasteiger partial charge is 0.380 e. The molecule has 0 radical (unpaired) electrons. The Morgan fingerprint density at radius 2 is 1.84 bits per heavy atom. The van der Waals surface area contributed by atoms with Crippen molar-refractivity contribution < 1.29 is 9.53 Å². The SMILES string of the molecule is O=C(C1CCC1)N1CCCN([C@H]2CCCOC2)CC1. The summed E-state index contributed by atoms with van der Waals surface area (Å²) in [5.41, 5.74) is 0. The first-order valence-corrected chi connectivity index (χ1v) is 7.95. The molecular formula is C15H26N2O2. The zero-order chi connectivity index (χ0) is 13.1. The van der Waals surface area contributed by atoms with Crippen LogP contribution in [0.5, 0.6) is 0 Å². The van der Waals surface area contributed by atoms with E-state index in [9.17, 15) is 4.79 Å². The van der Waals surface area contributed by atoms with Crippen LogP contribution in [0, 0.1) is 5.92 Å². The Bertz CT molecular complexity index is 311. The number of nitrogens with zero attached hydrogens (tertiary/aromatic N) is 2. The molecule has 1 saturated carbocycles. The zero-order valence-electron chi connectivity index (χ0n) is 11.9. The highest BCUT2D eigenvalue weighted by molar-refractivity contribution is 5.79. The first-order chi connectivity index (χ1) is 9.34. The predicted molar refractivity (Wildman–Crippen MR) is 74.0 cm³/mol. The van der Waals surface area contributed by atoms with Crippen molar-refractivity contribution in [3.8, 4) is 0 Å². The van der Waals surface area contributed by atoms with Crippen LogP contribution in [0.15, 0.2) is 0 Å². The van der Waals surface area contributed by atoms with E-state index in [0.29, 0.717) is 17.9 Å². The predicted octanol–water partition coefficient (Wildman–Crippen LogP) is 1.50. The molecule has 2 saturated heterocycles. The maximum absolute atomic E-state index is 12.3. The molecule has 3 rings (SSSR count). The molecule has 4 nitrogen and oxygen atoms in total. The van der Waals surface area contributed by atoms with Crippen LogP contribution in [0.3, 0.4) is 0 Å². The van der Waals surface area contributed by atoms with Crippen molar-refractivity contribution in [2.75, 3.05) is 39.4 Å². The van der Waals surface area contributed by atoms with E-state index >= 15 is 0 Å². The summed E-state index contributed by atoms with van der Waals surface area (Å²) >= 11 is 0. The molecule has 0 bridgehead atoms. The molecule has 1 amide bonds. The van der Waals surface area contributed by atoms with E-state index in [1.165, 1.54) is 19.3 Å². The molecule has 3 fully saturated rings. The lowest BCUT2D eigenvalue weighted by molar-refractivity contribution is -0.138. The first-order valence-electron chi connectivity index (χ1n) is 7.95. The first kappa shape index (κ1) is 13.4. The molecule has 4 heteroatoms. The van der Waals surface area contributed by atoms with Crippen molar-refractivity contribution in [2.45, 2.75) is 44.6 Å². The fourth-order valence-electron chi connectivity index (χ4n) is 3.45. The molecule has 19 heavy (non-hydrogen) atoms. The number of hydrogen-bond donors (Lipinski definition) is 0. The van der Waals surface area contributed by atoms with E-state index in [0.717, 1.165) is 58.7 Å². The molecule has 0 aromatic carbocycles. The van der Waals surface area contributed by atoms with Crippen molar-refractivity contribution in [2.24, 2.45) is 5.92 Å². The van der Waals surface area contributed by atoms with Gasteiger partial charge < -0.3 is 9.64 Å². The Balaban J connectivity index is 1.51. The van der Waals surface area contributed by atoms with Crippen LogP contribution in [0.4, 0.5) is 0 Å². The molecule has 108 valence electrons. The van der Waals surface area contributed by atoms with Crippen LogP contribution in [-0.4, -0.2) is 61.1 Å². The molecule has 0 spiro atoms. The van der Waals surface area contributed by atoms with Gasteiger partial charge in [-0.3, -0.25) is 9.69 Å². The highest BCUT2D eigenvalue weighted by atomic mass is 16.5. The summed E-state index contributed by atoms with van der Waals surface area (Å²) in [7, 11) is 0. The minimum atomic E-state index is 0.351. The Morgan fingerprint density at radius 1 is 0.947 bits per heavy atom. The standard InChI is InChI=1S/C15H26N2O2/c18-15(13-4-1-5-13)17-8-3-7-16(9-10-17)14-6-2-11-19-12-14/h13-14H,1-12H2/t14-/m0/s1. The van der Waals surface area contributed by atoms with Crippen molar-refractivity contribution in [3.05, 3.63) is 0 Å². The lowest BCUT2D eigenvalue weighted by Gasteiger charge is -2.34. The van der Waals surface area contributed by atoms with Gasteiger partial charge in [0, 0.05) is 44.7 Å². The fourth-order valence-corrected chi connectivity index (χ4v) is 3.45. The second kappa shape index (κ2) is 6.23. The molecule has 1 atom stereocenters. The van der Waals surface area contributed by atoms with Gasteiger partial charge >= 0.3 is 0 Å². The number of hydrogen-bond acceptors (Lipinski definition) is 3. The Hall–Kier alpha value is -0.610. The van der Waals surface area contributed by atoms with Gasteiger partial charge in [0.15, 0.2) is 0 Å². The molecular weight excluding hydrogens is 240 g/mol. The van der Waals surface area contributed by atoms with Crippen molar-refractivity contribution >= 4 is 5.91 Å². The number of ether oxygens (including phenoxy) is 1. The highest BCUT2D eigenvalue weighted by Gasteiger charge is 2.31. The van der Waals surface area contributed by atoms with E-state index in [1.54, 1.807) is 0 Å². The summed E-state index contributed by atoms with van der Waals surface area (Å²) in [6.07, 6.45) is 7.05. The Labute approximate surface area is 116 Å². The van der Waals surface area contributed by atoms with Crippen LogP contribution < -0.4 is 0 Å². The third-order valence-electron chi connectivity index (χ3n) is 4.95. The third kappa shape index (κ3) is 3.11. The van der Waals surface area contributed by atoms with Gasteiger partial charge in [-0.1, -0.05) is 6.42 Å². The van der Waals surface area contributed by atoms with Gasteiger partial charge in [-0.05, 0) is 32.1 Å². The normalized spacial score (nSPS) is 30.7. The summed E-state index contributed by atoms with van der Waals surface area (Å²) in [6, 6.07) is 0.590. The van der Waals surface area contributed by atoms with Crippen LogP contribution in [0.1, 0.15) is 38.5 Å². The number of carbonyl (C=O) groups is 1. The minimum Gasteiger partial charge on any atom is -0.380 e. The Kier molecular flexibility index (Phi) is 4.38. The summed E-state index contributed by atoms with van der Waals surface area (Å²) in [5, 5.41) is 0. The number of amides is 1. The van der Waals surface area contributed by atoms with Gasteiger partial charge in [0.05, 0.1) is 6.61 Å². The molecule has 0 aromatic rings. The topological polar surface area (TPSA) is 32.8 Å². The maximum atomic E-state index is 12.3. The molecule has 1 aliphatic carbocycles. The third-order valence-corrected chi connectivity index (χ3v) is 4.95. The van der Waals surface area contributed by atoms with Gasteiger partial charge in [-0.15, -0.1) is 0 Å². The average molecular weight is 266 g/mol. The highest BCUT2D eigenvalue weighted by Crippen LogP contribution is 2.28. The smallest absolute Gasteiger partial charge is 0.225 e. The lowest BCUT2D eigenvalue weighted by atomic mass is 9.84. The molecule has 0 aromatic heterocycles. The lowest BCUT2D eigenvalue weighted by Crippen LogP contribution is -2.44. The summed E-state index contributed by atoms with van der Waals surface area (Å²) < 4.78 is 5.59. The van der Waals surface area contributed by atoms with E-state index in [2.05, 4.69) is 9.80 Å². The molecule has 2 aliphatic heterocycles. The average Bonchev–Trinajstić information content (AvgIpc) is 2.63. The van der Waals surface area contributed by atoms with Gasteiger partial charge in [0.1, 0.15) is 0 Å². The van der Waals surface area contributed by atoms with Crippen molar-refractivity contribution in [1.29, 1.82) is 0 Å². The second-order valence-electron chi connectivity index (χ2n) is 6.21. The zero-order valence-corrected chi connectivity index (χ0v) is 11.9. The number of carbonyl (C=O) groups excluding carboxylic acids is 1. The van der Waals surface area contributed by atoms with Crippen LogP contribution in [0.2, 0.25) is 0 Å². The van der Waals surface area contributed by atoms with Crippen LogP contribution >= 0.6 is 0 Å². The van der Waals surface area contributed by atoms with E-state index < -0.39 is 0 Å². The van der Waals surface area contributed by atoms with E-state index in [4.69, 9.17) is 4.74 Å². The van der Waals surface area contributed by atoms with Crippen molar-refractivity contribution in [1.82, 2.24) is 9.80 Å². The Morgan fingerprint density at radius 3 is 2.53 bits per heavy atom. The van der Waals surface area contributed by atoms with E-state index in [1.807, 2.05) is 0 Å². The van der Waals surface area contributed by atoms with Gasteiger partial charge in [-0.2, -0.15) is 0 Å².